The van der Waals surface area contributed by atoms with E-state index in [1.54, 1.807) is 36.1 Å². The van der Waals surface area contributed by atoms with Gasteiger partial charge in [-0.2, -0.15) is 0 Å². The second-order valence-electron chi connectivity index (χ2n) is 7.28. The fraction of sp³-hybridized carbons (Fsp3) is 0.300. The Bertz CT molecular complexity index is 1170. The number of benzene rings is 1. The maximum absolute atomic E-state index is 13.6. The lowest BCUT2D eigenvalue weighted by molar-refractivity contribution is -0.0569. The third-order valence-electron chi connectivity index (χ3n) is 5.45. The van der Waals surface area contributed by atoms with Crippen LogP contribution < -0.4 is 0 Å². The zero-order valence-corrected chi connectivity index (χ0v) is 17.4. The normalized spacial score (nSPS) is 20.2. The van der Waals surface area contributed by atoms with Crippen molar-refractivity contribution in [1.29, 1.82) is 0 Å². The predicted octanol–water partition coefficient (Wildman–Crippen LogP) is 3.69. The van der Waals surface area contributed by atoms with Crippen molar-refractivity contribution in [2.24, 2.45) is 0 Å². The van der Waals surface area contributed by atoms with Crippen LogP contribution in [0, 0.1) is 12.7 Å². The van der Waals surface area contributed by atoms with Gasteiger partial charge in [0.15, 0.2) is 11.6 Å². The van der Waals surface area contributed by atoms with E-state index in [4.69, 9.17) is 27.9 Å². The lowest BCUT2D eigenvalue weighted by atomic mass is 10.0. The maximum Gasteiger partial charge on any atom is 0.256 e. The molecule has 1 saturated heterocycles. The van der Waals surface area contributed by atoms with E-state index in [0.717, 1.165) is 0 Å². The minimum Gasteiger partial charge on any atom is -0.377 e. The summed E-state index contributed by atoms with van der Waals surface area (Å²) in [5, 5.41) is 9.15. The summed E-state index contributed by atoms with van der Waals surface area (Å²) in [5.74, 6) is 0.527. The lowest BCUT2D eigenvalue weighted by Crippen LogP contribution is -2.56. The molecule has 2 atom stereocenters. The van der Waals surface area contributed by atoms with Crippen LogP contribution in [0.2, 0.25) is 10.0 Å². The van der Waals surface area contributed by atoms with E-state index in [1.807, 2.05) is 4.57 Å². The van der Waals surface area contributed by atoms with Gasteiger partial charge in [0.05, 0.1) is 40.6 Å². The van der Waals surface area contributed by atoms with Gasteiger partial charge in [0, 0.05) is 6.54 Å². The van der Waals surface area contributed by atoms with Gasteiger partial charge in [0.25, 0.3) is 5.91 Å². The minimum absolute atomic E-state index is 0.224. The minimum atomic E-state index is -0.428. The first-order valence-electron chi connectivity index (χ1n) is 9.36. The zero-order chi connectivity index (χ0) is 21.0. The van der Waals surface area contributed by atoms with Gasteiger partial charge in [-0.05, 0) is 31.2 Å². The molecule has 4 heterocycles. The molecular formula is C20H16Cl2FN5O2. The molecule has 2 aromatic heterocycles. The Morgan fingerprint density at radius 3 is 2.83 bits per heavy atom. The summed E-state index contributed by atoms with van der Waals surface area (Å²) in [5.41, 5.74) is 1.16. The smallest absolute Gasteiger partial charge is 0.256 e. The van der Waals surface area contributed by atoms with Crippen molar-refractivity contribution in [3.05, 3.63) is 63.3 Å². The molecule has 2 bridgehead atoms. The largest absolute Gasteiger partial charge is 0.377 e. The Hall–Kier alpha value is -2.55. The molecule has 2 unspecified atom stereocenters. The molecule has 1 fully saturated rings. The fourth-order valence-corrected chi connectivity index (χ4v) is 4.38. The Kier molecular flexibility index (Phi) is 4.72. The third-order valence-corrected chi connectivity index (χ3v) is 6.27. The predicted molar refractivity (Wildman–Crippen MR) is 108 cm³/mol. The van der Waals surface area contributed by atoms with Gasteiger partial charge >= 0.3 is 0 Å². The Labute approximate surface area is 181 Å². The van der Waals surface area contributed by atoms with E-state index in [2.05, 4.69) is 15.2 Å². The molecule has 10 heteroatoms. The molecule has 7 nitrogen and oxygen atoms in total. The monoisotopic (exact) mass is 447 g/mol. The van der Waals surface area contributed by atoms with Crippen LogP contribution in [-0.2, 0) is 11.3 Å². The summed E-state index contributed by atoms with van der Waals surface area (Å²) >= 11 is 12.4. The molecule has 5 rings (SSSR count). The number of nitrogens with zero attached hydrogens (tertiary/aromatic N) is 5. The molecule has 0 saturated carbocycles. The number of hydrogen-bond acceptors (Lipinski definition) is 5. The quantitative estimate of drug-likeness (QED) is 0.598. The summed E-state index contributed by atoms with van der Waals surface area (Å²) in [6.07, 6.45) is 0. The topological polar surface area (TPSA) is 73.1 Å². The van der Waals surface area contributed by atoms with E-state index in [-0.39, 0.29) is 35.1 Å². The second-order valence-corrected chi connectivity index (χ2v) is 8.06. The number of carbonyl (C=O) groups excluding carboxylic acids is 1. The molecule has 2 aliphatic rings. The summed E-state index contributed by atoms with van der Waals surface area (Å²) in [7, 11) is 0. The molecule has 1 aromatic carbocycles. The number of halogens is 3. The maximum atomic E-state index is 13.6. The average Bonchev–Trinajstić information content (AvgIpc) is 3.14. The molecule has 1 amide bonds. The molecule has 154 valence electrons. The molecule has 0 radical (unpaired) electrons. The molecule has 0 spiro atoms. The Morgan fingerprint density at radius 2 is 2.03 bits per heavy atom. The highest BCUT2D eigenvalue weighted by atomic mass is 35.5. The fourth-order valence-electron chi connectivity index (χ4n) is 4.00. The van der Waals surface area contributed by atoms with Gasteiger partial charge in [-0.15, -0.1) is 10.2 Å². The number of carbonyl (C=O) groups is 1. The van der Waals surface area contributed by atoms with E-state index >= 15 is 0 Å². The first kappa shape index (κ1) is 19.4. The SMILES string of the molecule is Cc1nc(-c2nnc3n2CC2COCC3N2C(=O)c2cccc(Cl)c2Cl)ccc1F. The van der Waals surface area contributed by atoms with E-state index < -0.39 is 6.04 Å². The average molecular weight is 448 g/mol. The molecule has 30 heavy (non-hydrogen) atoms. The van der Waals surface area contributed by atoms with Gasteiger partial charge in [-0.1, -0.05) is 29.3 Å². The second kappa shape index (κ2) is 7.30. The first-order chi connectivity index (χ1) is 14.5. The van der Waals surface area contributed by atoms with Crippen molar-refractivity contribution < 1.29 is 13.9 Å². The molecule has 0 N–H and O–H groups in total. The van der Waals surface area contributed by atoms with Crippen LogP contribution in [0.3, 0.4) is 0 Å². The highest BCUT2D eigenvalue weighted by Crippen LogP contribution is 2.37. The number of amides is 1. The van der Waals surface area contributed by atoms with E-state index in [9.17, 15) is 9.18 Å². The van der Waals surface area contributed by atoms with Crippen LogP contribution in [-0.4, -0.2) is 49.8 Å². The summed E-state index contributed by atoms with van der Waals surface area (Å²) in [6.45, 7) is 2.68. The van der Waals surface area contributed by atoms with Crippen LogP contribution in [0.4, 0.5) is 4.39 Å². The molecule has 0 aliphatic carbocycles. The summed E-state index contributed by atoms with van der Waals surface area (Å²) in [4.78, 5) is 19.4. The van der Waals surface area contributed by atoms with E-state index in [1.165, 1.54) is 6.07 Å². The Morgan fingerprint density at radius 1 is 1.20 bits per heavy atom. The van der Waals surface area contributed by atoms with Crippen LogP contribution in [0.15, 0.2) is 30.3 Å². The zero-order valence-electron chi connectivity index (χ0n) is 15.8. The molecule has 2 aliphatic heterocycles. The van der Waals surface area contributed by atoms with Crippen LogP contribution in [0.25, 0.3) is 11.5 Å². The van der Waals surface area contributed by atoms with Gasteiger partial charge < -0.3 is 14.2 Å². The van der Waals surface area contributed by atoms with Gasteiger partial charge in [-0.3, -0.25) is 4.79 Å². The van der Waals surface area contributed by atoms with Crippen molar-refractivity contribution in [2.45, 2.75) is 25.6 Å². The van der Waals surface area contributed by atoms with Gasteiger partial charge in [0.1, 0.15) is 17.6 Å². The number of hydrogen-bond donors (Lipinski definition) is 0. The molecule has 3 aromatic rings. The van der Waals surface area contributed by atoms with Crippen LogP contribution in [0.1, 0.15) is 27.9 Å². The van der Waals surface area contributed by atoms with Crippen molar-refractivity contribution in [2.75, 3.05) is 13.2 Å². The summed E-state index contributed by atoms with van der Waals surface area (Å²) < 4.78 is 21.3. The van der Waals surface area contributed by atoms with Gasteiger partial charge in [-0.25, -0.2) is 9.37 Å². The number of ether oxygens (including phenoxy) is 1. The lowest BCUT2D eigenvalue weighted by Gasteiger charge is -2.45. The van der Waals surface area contributed by atoms with E-state index in [0.29, 0.717) is 41.1 Å². The molecular weight excluding hydrogens is 432 g/mol. The Balaban J connectivity index is 1.56. The third kappa shape index (κ3) is 2.98. The highest BCUT2D eigenvalue weighted by molar-refractivity contribution is 6.43. The van der Waals surface area contributed by atoms with Crippen molar-refractivity contribution in [3.63, 3.8) is 0 Å². The number of fused-ring (bicyclic) bond motifs is 4. The number of aryl methyl sites for hydroxylation is 1. The van der Waals surface area contributed by atoms with Crippen molar-refractivity contribution in [1.82, 2.24) is 24.6 Å². The van der Waals surface area contributed by atoms with Crippen LogP contribution in [0.5, 0.6) is 0 Å². The number of morpholine rings is 1. The van der Waals surface area contributed by atoms with Gasteiger partial charge in [0.2, 0.25) is 0 Å². The van der Waals surface area contributed by atoms with Crippen LogP contribution >= 0.6 is 23.2 Å². The number of pyridine rings is 1. The summed E-state index contributed by atoms with van der Waals surface area (Å²) in [6, 6.07) is 7.27. The standard InChI is InChI=1S/C20H16Cl2FN5O2/c1-10-14(23)5-6-15(24-10)18-25-26-19-16-9-30-8-11(7-27(18)19)28(16)20(29)12-3-2-4-13(21)17(12)22/h2-6,11,16H,7-9H2,1H3. The number of rotatable bonds is 2. The highest BCUT2D eigenvalue weighted by Gasteiger charge is 2.44. The number of aromatic nitrogens is 4. The van der Waals surface area contributed by atoms with Crippen molar-refractivity contribution >= 4 is 29.1 Å². The first-order valence-corrected chi connectivity index (χ1v) is 10.1. The van der Waals surface area contributed by atoms with Crippen molar-refractivity contribution in [3.8, 4) is 11.5 Å².